The van der Waals surface area contributed by atoms with E-state index in [1.165, 1.54) is 0 Å². The molecule has 0 bridgehead atoms. The number of aromatic nitrogens is 2. The molecule has 1 fully saturated rings. The number of halogens is 1. The number of carbonyl (C=O) groups is 1. The van der Waals surface area contributed by atoms with E-state index in [2.05, 4.69) is 14.9 Å². The summed E-state index contributed by atoms with van der Waals surface area (Å²) in [6, 6.07) is 15.2. The number of phenols is 1. The fourth-order valence-corrected chi connectivity index (χ4v) is 4.69. The van der Waals surface area contributed by atoms with Gasteiger partial charge in [0.15, 0.2) is 0 Å². The number of rotatable bonds is 3. The maximum absolute atomic E-state index is 12.1. The lowest BCUT2D eigenvalue weighted by Gasteiger charge is -2.35. The van der Waals surface area contributed by atoms with Crippen LogP contribution in [0.5, 0.6) is 5.75 Å². The summed E-state index contributed by atoms with van der Waals surface area (Å²) in [6.07, 6.45) is 4.93. The minimum Gasteiger partial charge on any atom is -0.508 e. The maximum Gasteiger partial charge on any atom is 0.246 e. The van der Waals surface area contributed by atoms with Crippen LogP contribution in [-0.2, 0) is 4.79 Å². The Morgan fingerprint density at radius 3 is 2.58 bits per heavy atom. The number of fused-ring (bicyclic) bond motifs is 2. The van der Waals surface area contributed by atoms with Crippen LogP contribution in [0.15, 0.2) is 67.0 Å². The Hall–Kier alpha value is -3.64. The second kappa shape index (κ2) is 8.71. The summed E-state index contributed by atoms with van der Waals surface area (Å²) in [5.41, 5.74) is 2.44. The molecule has 0 spiro atoms. The summed E-state index contributed by atoms with van der Waals surface area (Å²) >= 11 is 6.78. The van der Waals surface area contributed by atoms with E-state index in [4.69, 9.17) is 11.6 Å². The van der Waals surface area contributed by atoms with Crippen molar-refractivity contribution in [3.63, 3.8) is 0 Å². The van der Waals surface area contributed by atoms with Crippen LogP contribution in [0.25, 0.3) is 32.8 Å². The molecule has 6 nitrogen and oxygen atoms in total. The zero-order valence-electron chi connectivity index (χ0n) is 18.2. The molecule has 0 aliphatic carbocycles. The first-order chi connectivity index (χ1) is 16.0. The smallest absolute Gasteiger partial charge is 0.246 e. The summed E-state index contributed by atoms with van der Waals surface area (Å²) in [6.45, 7) is 4.49. The number of allylic oxidation sites excluding steroid dienone is 1. The van der Waals surface area contributed by atoms with Crippen molar-refractivity contribution in [2.24, 2.45) is 0 Å². The highest BCUT2D eigenvalue weighted by molar-refractivity contribution is 6.34. The number of benzene rings is 3. The van der Waals surface area contributed by atoms with Crippen molar-refractivity contribution in [3.05, 3.63) is 72.0 Å². The first kappa shape index (κ1) is 21.2. The molecule has 0 saturated carbocycles. The average molecular weight is 459 g/mol. The Kier molecular flexibility index (Phi) is 5.60. The van der Waals surface area contributed by atoms with Crippen molar-refractivity contribution in [1.29, 1.82) is 0 Å². The Labute approximate surface area is 196 Å². The number of anilines is 1. The van der Waals surface area contributed by atoms with Gasteiger partial charge >= 0.3 is 0 Å². The van der Waals surface area contributed by atoms with E-state index in [1.54, 1.807) is 30.6 Å². The minimum atomic E-state index is 0.0377. The van der Waals surface area contributed by atoms with Gasteiger partial charge in [0.25, 0.3) is 0 Å². The fourth-order valence-electron chi connectivity index (χ4n) is 4.43. The van der Waals surface area contributed by atoms with Crippen molar-refractivity contribution < 1.29 is 9.90 Å². The van der Waals surface area contributed by atoms with Crippen LogP contribution in [0, 0.1) is 0 Å². The lowest BCUT2D eigenvalue weighted by atomic mass is 9.96. The molecule has 0 radical (unpaired) electrons. The van der Waals surface area contributed by atoms with Crippen LogP contribution in [0.2, 0.25) is 5.02 Å². The Bertz CT molecular complexity index is 1390. The van der Waals surface area contributed by atoms with E-state index >= 15 is 0 Å². The van der Waals surface area contributed by atoms with E-state index in [-0.39, 0.29) is 11.7 Å². The molecule has 0 unspecified atom stereocenters. The Balaban J connectivity index is 1.53. The fraction of sp³-hybridized carbons (Fsp3) is 0.192. The number of hydrogen-bond acceptors (Lipinski definition) is 5. The molecule has 1 aromatic heterocycles. The number of hydrogen-bond donors (Lipinski definition) is 1. The number of amides is 1. The predicted molar refractivity (Wildman–Crippen MR) is 133 cm³/mol. The van der Waals surface area contributed by atoms with Crippen molar-refractivity contribution in [2.75, 3.05) is 31.1 Å². The summed E-state index contributed by atoms with van der Waals surface area (Å²) in [4.78, 5) is 25.2. The number of phenolic OH excluding ortho intramolecular Hbond substituents is 1. The topological polar surface area (TPSA) is 69.6 Å². The summed E-state index contributed by atoms with van der Waals surface area (Å²) in [5, 5.41) is 13.7. The number of carbonyl (C=O) groups excluding carboxylic acids is 1. The summed E-state index contributed by atoms with van der Waals surface area (Å²) < 4.78 is 0. The first-order valence-electron chi connectivity index (χ1n) is 10.9. The summed E-state index contributed by atoms with van der Waals surface area (Å²) in [5.74, 6) is 1.04. The van der Waals surface area contributed by atoms with E-state index < -0.39 is 0 Å². The van der Waals surface area contributed by atoms with Gasteiger partial charge in [-0.15, -0.1) is 0 Å². The number of nitrogens with zero attached hydrogens (tertiary/aromatic N) is 4. The molecule has 1 aliphatic rings. The van der Waals surface area contributed by atoms with Crippen LogP contribution < -0.4 is 4.90 Å². The number of piperazine rings is 1. The van der Waals surface area contributed by atoms with Gasteiger partial charge in [0, 0.05) is 42.2 Å². The first-order valence-corrected chi connectivity index (χ1v) is 11.3. The SMILES string of the molecule is C/C=C/C(=O)N1CCN(c2ncnc3cc(-c4cc(O)cc5ccccc45)c(Cl)cc23)CC1. The van der Waals surface area contributed by atoms with Gasteiger partial charge < -0.3 is 14.9 Å². The van der Waals surface area contributed by atoms with Gasteiger partial charge in [-0.05, 0) is 53.6 Å². The van der Waals surface area contributed by atoms with Crippen molar-refractivity contribution in [3.8, 4) is 16.9 Å². The highest BCUT2D eigenvalue weighted by Gasteiger charge is 2.23. The normalized spacial score (nSPS) is 14.5. The van der Waals surface area contributed by atoms with Crippen LogP contribution in [-0.4, -0.2) is 52.1 Å². The molecule has 5 rings (SSSR count). The van der Waals surface area contributed by atoms with E-state index in [9.17, 15) is 9.90 Å². The van der Waals surface area contributed by atoms with Gasteiger partial charge in [-0.25, -0.2) is 9.97 Å². The summed E-state index contributed by atoms with van der Waals surface area (Å²) in [7, 11) is 0. The molecule has 7 heteroatoms. The third-order valence-corrected chi connectivity index (χ3v) is 6.35. The standard InChI is InChI=1S/C26H23ClN4O2/c1-2-5-25(33)30-8-10-31(11-9-30)26-22-14-23(27)21(15-24(22)28-16-29-26)20-13-18(32)12-17-6-3-4-7-19(17)20/h2-7,12-16,32H,8-11H2,1H3/b5-2+. The van der Waals surface area contributed by atoms with E-state index in [1.807, 2.05) is 48.2 Å². The Morgan fingerprint density at radius 1 is 1.00 bits per heavy atom. The molecular weight excluding hydrogens is 436 g/mol. The van der Waals surface area contributed by atoms with Crippen molar-refractivity contribution >= 4 is 45.0 Å². The zero-order valence-corrected chi connectivity index (χ0v) is 19.0. The van der Waals surface area contributed by atoms with Crippen LogP contribution in [0.1, 0.15) is 6.92 Å². The quantitative estimate of drug-likeness (QED) is 0.436. The second-order valence-electron chi connectivity index (χ2n) is 8.07. The largest absolute Gasteiger partial charge is 0.508 e. The molecule has 1 saturated heterocycles. The minimum absolute atomic E-state index is 0.0377. The third kappa shape index (κ3) is 3.98. The lowest BCUT2D eigenvalue weighted by molar-refractivity contribution is -0.126. The molecule has 33 heavy (non-hydrogen) atoms. The van der Waals surface area contributed by atoms with Gasteiger partial charge in [-0.1, -0.05) is 41.9 Å². The zero-order chi connectivity index (χ0) is 22.9. The molecule has 4 aromatic rings. The van der Waals surface area contributed by atoms with Crippen LogP contribution in [0.3, 0.4) is 0 Å². The monoisotopic (exact) mass is 458 g/mol. The Morgan fingerprint density at radius 2 is 1.79 bits per heavy atom. The molecule has 3 aromatic carbocycles. The molecule has 0 atom stereocenters. The molecular formula is C26H23ClN4O2. The van der Waals surface area contributed by atoms with Gasteiger partial charge in [0.2, 0.25) is 5.91 Å². The third-order valence-electron chi connectivity index (χ3n) is 6.04. The molecule has 1 aliphatic heterocycles. The van der Waals surface area contributed by atoms with Gasteiger partial charge in [-0.3, -0.25) is 4.79 Å². The number of aromatic hydroxyl groups is 1. The molecule has 166 valence electrons. The predicted octanol–water partition coefficient (Wildman–Crippen LogP) is 5.03. The highest BCUT2D eigenvalue weighted by Crippen LogP contribution is 2.39. The van der Waals surface area contributed by atoms with Crippen molar-refractivity contribution in [1.82, 2.24) is 14.9 Å². The molecule has 2 heterocycles. The lowest BCUT2D eigenvalue weighted by Crippen LogP contribution is -2.48. The van der Waals surface area contributed by atoms with Crippen LogP contribution in [0.4, 0.5) is 5.82 Å². The van der Waals surface area contributed by atoms with Gasteiger partial charge in [0.05, 0.1) is 5.52 Å². The van der Waals surface area contributed by atoms with Crippen LogP contribution >= 0.6 is 11.6 Å². The molecule has 1 amide bonds. The van der Waals surface area contributed by atoms with Crippen molar-refractivity contribution in [2.45, 2.75) is 6.92 Å². The highest BCUT2D eigenvalue weighted by atomic mass is 35.5. The van der Waals surface area contributed by atoms with E-state index in [0.717, 1.165) is 38.6 Å². The maximum atomic E-state index is 12.1. The van der Waals surface area contributed by atoms with Gasteiger partial charge in [0.1, 0.15) is 17.9 Å². The van der Waals surface area contributed by atoms with E-state index in [0.29, 0.717) is 31.2 Å². The van der Waals surface area contributed by atoms with Gasteiger partial charge in [-0.2, -0.15) is 0 Å². The second-order valence-corrected chi connectivity index (χ2v) is 8.48. The molecule has 1 N–H and O–H groups in total. The average Bonchev–Trinajstić information content (AvgIpc) is 2.83.